The summed E-state index contributed by atoms with van der Waals surface area (Å²) < 4.78 is 2.02. The van der Waals surface area contributed by atoms with Crippen molar-refractivity contribution >= 4 is 11.3 Å². The maximum absolute atomic E-state index is 6.21. The van der Waals surface area contributed by atoms with E-state index in [1.807, 2.05) is 23.3 Å². The van der Waals surface area contributed by atoms with Gasteiger partial charge in [-0.2, -0.15) is 5.10 Å². The molecule has 18 heavy (non-hydrogen) atoms. The third-order valence-corrected chi connectivity index (χ3v) is 4.32. The Bertz CT molecular complexity index is 503. The fourth-order valence-corrected chi connectivity index (χ4v) is 2.71. The summed E-state index contributed by atoms with van der Waals surface area (Å²) in [6.45, 7) is 6.34. The Morgan fingerprint density at radius 1 is 1.50 bits per heavy atom. The molecule has 0 radical (unpaired) electrons. The summed E-state index contributed by atoms with van der Waals surface area (Å²) in [7, 11) is 0. The topological polar surface area (TPSA) is 56.7 Å². The van der Waals surface area contributed by atoms with Gasteiger partial charge < -0.3 is 5.73 Å². The van der Waals surface area contributed by atoms with Crippen LogP contribution in [0.4, 0.5) is 0 Å². The molecular weight excluding hydrogens is 244 g/mol. The minimum atomic E-state index is -0.00205. The lowest BCUT2D eigenvalue weighted by molar-refractivity contribution is 0.472. The van der Waals surface area contributed by atoms with Crippen molar-refractivity contribution in [3.8, 4) is 0 Å². The first kappa shape index (κ1) is 13.2. The predicted molar refractivity (Wildman–Crippen MR) is 74.7 cm³/mol. The van der Waals surface area contributed by atoms with Gasteiger partial charge in [-0.15, -0.1) is 11.3 Å². The van der Waals surface area contributed by atoms with Crippen LogP contribution in [0.5, 0.6) is 0 Å². The van der Waals surface area contributed by atoms with Gasteiger partial charge in [0.05, 0.1) is 16.9 Å². The number of hydrogen-bond acceptors (Lipinski definition) is 4. The van der Waals surface area contributed by atoms with Crippen molar-refractivity contribution in [2.45, 2.75) is 45.7 Å². The van der Waals surface area contributed by atoms with Crippen LogP contribution in [-0.4, -0.2) is 14.8 Å². The van der Waals surface area contributed by atoms with Gasteiger partial charge in [-0.1, -0.05) is 6.92 Å². The molecule has 2 heterocycles. The summed E-state index contributed by atoms with van der Waals surface area (Å²) in [5.41, 5.74) is 10.1. The van der Waals surface area contributed by atoms with E-state index in [2.05, 4.69) is 30.0 Å². The molecule has 5 heteroatoms. The molecule has 2 N–H and O–H groups in total. The van der Waals surface area contributed by atoms with E-state index in [1.54, 1.807) is 11.3 Å². The summed E-state index contributed by atoms with van der Waals surface area (Å²) in [4.78, 5) is 5.40. The largest absolute Gasteiger partial charge is 0.323 e. The van der Waals surface area contributed by atoms with Crippen molar-refractivity contribution < 1.29 is 0 Å². The van der Waals surface area contributed by atoms with Gasteiger partial charge in [0.2, 0.25) is 0 Å². The molecule has 2 atom stereocenters. The molecule has 0 amide bonds. The molecule has 2 rings (SSSR count). The molecule has 0 saturated carbocycles. The Balaban J connectivity index is 2.06. The Morgan fingerprint density at radius 3 is 2.89 bits per heavy atom. The van der Waals surface area contributed by atoms with Crippen molar-refractivity contribution in [1.29, 1.82) is 0 Å². The third-order valence-electron chi connectivity index (χ3n) is 3.25. The number of hydrogen-bond donors (Lipinski definition) is 1. The molecule has 4 nitrogen and oxygen atoms in total. The van der Waals surface area contributed by atoms with Crippen LogP contribution in [0, 0.1) is 6.92 Å². The minimum Gasteiger partial charge on any atom is -0.323 e. The molecule has 0 aromatic carbocycles. The van der Waals surface area contributed by atoms with Crippen LogP contribution < -0.4 is 5.73 Å². The van der Waals surface area contributed by atoms with Gasteiger partial charge in [0, 0.05) is 29.6 Å². The van der Waals surface area contributed by atoms with Crippen LogP contribution in [0.1, 0.15) is 48.6 Å². The lowest BCUT2D eigenvalue weighted by Gasteiger charge is -2.10. The summed E-state index contributed by atoms with van der Waals surface area (Å²) >= 11 is 1.62. The molecular formula is C13H20N4S. The summed E-state index contributed by atoms with van der Waals surface area (Å²) in [5.74, 6) is 0. The van der Waals surface area contributed by atoms with E-state index in [0.29, 0.717) is 6.04 Å². The Hall–Kier alpha value is -1.20. The number of thiazole rings is 1. The second-order valence-electron chi connectivity index (χ2n) is 4.66. The van der Waals surface area contributed by atoms with Crippen molar-refractivity contribution in [1.82, 2.24) is 14.8 Å². The van der Waals surface area contributed by atoms with E-state index in [4.69, 9.17) is 5.73 Å². The monoisotopic (exact) mass is 264 g/mol. The normalized spacial score (nSPS) is 14.7. The van der Waals surface area contributed by atoms with Gasteiger partial charge >= 0.3 is 0 Å². The van der Waals surface area contributed by atoms with E-state index in [1.165, 1.54) is 0 Å². The standard InChI is InChI=1S/C13H20N4S/c1-4-9(2)17-6-5-11(16-17)7-12(14)13-10(3)15-8-18-13/h5-6,8-9,12H,4,7,14H2,1-3H3. The fourth-order valence-electron chi connectivity index (χ4n) is 1.90. The third kappa shape index (κ3) is 2.79. The lowest BCUT2D eigenvalue weighted by atomic mass is 10.1. The first-order chi connectivity index (χ1) is 8.61. The quantitative estimate of drug-likeness (QED) is 0.903. The van der Waals surface area contributed by atoms with Crippen molar-refractivity contribution in [3.63, 3.8) is 0 Å². The highest BCUT2D eigenvalue weighted by molar-refractivity contribution is 7.09. The number of aryl methyl sites for hydroxylation is 1. The van der Waals surface area contributed by atoms with Crippen LogP contribution in [0.25, 0.3) is 0 Å². The van der Waals surface area contributed by atoms with Crippen molar-refractivity contribution in [2.75, 3.05) is 0 Å². The molecule has 98 valence electrons. The molecule has 0 aliphatic carbocycles. The van der Waals surface area contributed by atoms with Gasteiger partial charge in [0.15, 0.2) is 0 Å². The maximum Gasteiger partial charge on any atom is 0.0798 e. The van der Waals surface area contributed by atoms with Crippen LogP contribution in [-0.2, 0) is 6.42 Å². The van der Waals surface area contributed by atoms with Crippen LogP contribution >= 0.6 is 11.3 Å². The Kier molecular flexibility index (Phi) is 4.14. The van der Waals surface area contributed by atoms with Crippen molar-refractivity contribution in [3.05, 3.63) is 34.0 Å². The molecule has 2 unspecified atom stereocenters. The van der Waals surface area contributed by atoms with Crippen LogP contribution in [0.3, 0.4) is 0 Å². The van der Waals surface area contributed by atoms with Gasteiger partial charge in [-0.25, -0.2) is 4.98 Å². The number of aromatic nitrogens is 3. The average molecular weight is 264 g/mol. The molecule has 0 spiro atoms. The number of nitrogens with zero attached hydrogens (tertiary/aromatic N) is 3. The molecule has 0 saturated heterocycles. The van der Waals surface area contributed by atoms with Crippen LogP contribution in [0.2, 0.25) is 0 Å². The van der Waals surface area contributed by atoms with E-state index < -0.39 is 0 Å². The van der Waals surface area contributed by atoms with E-state index >= 15 is 0 Å². The number of rotatable bonds is 5. The molecule has 0 bridgehead atoms. The zero-order valence-corrected chi connectivity index (χ0v) is 11.9. The molecule has 2 aromatic rings. The van der Waals surface area contributed by atoms with Gasteiger partial charge in [-0.3, -0.25) is 4.68 Å². The molecule has 0 aliphatic rings. The highest BCUT2D eigenvalue weighted by atomic mass is 32.1. The average Bonchev–Trinajstić information content (AvgIpc) is 2.97. The van der Waals surface area contributed by atoms with Crippen LogP contribution in [0.15, 0.2) is 17.8 Å². The van der Waals surface area contributed by atoms with Gasteiger partial charge in [0.1, 0.15) is 0 Å². The van der Waals surface area contributed by atoms with Crippen molar-refractivity contribution in [2.24, 2.45) is 5.73 Å². The second kappa shape index (κ2) is 5.63. The zero-order chi connectivity index (χ0) is 13.1. The predicted octanol–water partition coefficient (Wildman–Crippen LogP) is 2.86. The zero-order valence-electron chi connectivity index (χ0n) is 11.1. The number of nitrogens with two attached hydrogens (primary N) is 1. The minimum absolute atomic E-state index is 0.00205. The highest BCUT2D eigenvalue weighted by Crippen LogP contribution is 2.22. The second-order valence-corrected chi connectivity index (χ2v) is 5.54. The van der Waals surface area contributed by atoms with E-state index in [9.17, 15) is 0 Å². The smallest absolute Gasteiger partial charge is 0.0798 e. The molecule has 0 aliphatic heterocycles. The van der Waals surface area contributed by atoms with Gasteiger partial charge in [-0.05, 0) is 26.3 Å². The Labute approximate surface area is 112 Å². The highest BCUT2D eigenvalue weighted by Gasteiger charge is 2.14. The summed E-state index contributed by atoms with van der Waals surface area (Å²) in [5, 5.41) is 4.58. The van der Waals surface area contributed by atoms with Gasteiger partial charge in [0.25, 0.3) is 0 Å². The summed E-state index contributed by atoms with van der Waals surface area (Å²) in [6.07, 6.45) is 3.89. The SMILES string of the molecule is CCC(C)n1ccc(CC(N)c2scnc2C)n1. The maximum atomic E-state index is 6.21. The fraction of sp³-hybridized carbons (Fsp3) is 0.538. The first-order valence-corrected chi connectivity index (χ1v) is 7.19. The van der Waals surface area contributed by atoms with E-state index in [-0.39, 0.29) is 6.04 Å². The summed E-state index contributed by atoms with van der Waals surface area (Å²) in [6, 6.07) is 2.50. The van der Waals surface area contributed by atoms with E-state index in [0.717, 1.165) is 29.1 Å². The Morgan fingerprint density at radius 2 is 2.28 bits per heavy atom. The molecule has 0 fully saturated rings. The lowest BCUT2D eigenvalue weighted by Crippen LogP contribution is -2.14. The first-order valence-electron chi connectivity index (χ1n) is 6.31. The molecule has 2 aromatic heterocycles.